The van der Waals surface area contributed by atoms with Gasteiger partial charge in [0.2, 0.25) is 5.95 Å². The molecule has 3 aromatic rings. The third-order valence-corrected chi connectivity index (χ3v) is 3.74. The van der Waals surface area contributed by atoms with E-state index < -0.39 is 0 Å². The Hall–Kier alpha value is -2.60. The quantitative estimate of drug-likeness (QED) is 0.645. The van der Waals surface area contributed by atoms with E-state index in [2.05, 4.69) is 36.1 Å². The molecule has 3 rings (SSSR count). The van der Waals surface area contributed by atoms with Crippen LogP contribution in [-0.2, 0) is 0 Å². The standard InChI is InChI=1S/C17H14BrN5/c1-11-15(23-22-14-9-7-13(18)8-10-14)16(21-17(19)20-11)12-5-3-2-4-6-12/h2-10H,1H3,(H2,19,20,21). The molecule has 0 saturated heterocycles. The minimum absolute atomic E-state index is 0.226. The van der Waals surface area contributed by atoms with Crippen molar-refractivity contribution >= 4 is 33.3 Å². The zero-order chi connectivity index (χ0) is 16.2. The largest absolute Gasteiger partial charge is 0.368 e. The summed E-state index contributed by atoms with van der Waals surface area (Å²) in [5.74, 6) is 0.226. The van der Waals surface area contributed by atoms with E-state index in [1.807, 2.05) is 61.5 Å². The van der Waals surface area contributed by atoms with Crippen LogP contribution in [0.25, 0.3) is 11.3 Å². The number of aryl methyl sites for hydroxylation is 1. The van der Waals surface area contributed by atoms with Crippen LogP contribution in [0.4, 0.5) is 17.3 Å². The van der Waals surface area contributed by atoms with Gasteiger partial charge in [-0.15, -0.1) is 5.11 Å². The van der Waals surface area contributed by atoms with E-state index in [0.717, 1.165) is 15.7 Å². The van der Waals surface area contributed by atoms with Gasteiger partial charge in [-0.1, -0.05) is 46.3 Å². The Kier molecular flexibility index (Phi) is 4.43. The maximum Gasteiger partial charge on any atom is 0.220 e. The van der Waals surface area contributed by atoms with Crippen LogP contribution in [0.5, 0.6) is 0 Å². The molecule has 0 bridgehead atoms. The number of hydrogen-bond donors (Lipinski definition) is 1. The van der Waals surface area contributed by atoms with Gasteiger partial charge in [0.15, 0.2) is 0 Å². The van der Waals surface area contributed by atoms with Crippen LogP contribution >= 0.6 is 15.9 Å². The molecule has 0 radical (unpaired) electrons. The van der Waals surface area contributed by atoms with Crippen molar-refractivity contribution in [2.24, 2.45) is 10.2 Å². The molecule has 114 valence electrons. The van der Waals surface area contributed by atoms with E-state index in [-0.39, 0.29) is 5.95 Å². The Morgan fingerprint density at radius 1 is 0.913 bits per heavy atom. The van der Waals surface area contributed by atoms with E-state index in [4.69, 9.17) is 5.73 Å². The molecule has 5 nitrogen and oxygen atoms in total. The van der Waals surface area contributed by atoms with E-state index in [1.165, 1.54) is 0 Å². The van der Waals surface area contributed by atoms with Crippen molar-refractivity contribution in [3.63, 3.8) is 0 Å². The zero-order valence-corrected chi connectivity index (χ0v) is 14.0. The van der Waals surface area contributed by atoms with Gasteiger partial charge in [-0.25, -0.2) is 9.97 Å². The van der Waals surface area contributed by atoms with Crippen LogP contribution < -0.4 is 5.73 Å². The molecular formula is C17H14BrN5. The van der Waals surface area contributed by atoms with Crippen molar-refractivity contribution in [1.82, 2.24) is 9.97 Å². The second kappa shape index (κ2) is 6.66. The van der Waals surface area contributed by atoms with E-state index in [9.17, 15) is 0 Å². The van der Waals surface area contributed by atoms with Gasteiger partial charge in [0.1, 0.15) is 11.4 Å². The second-order valence-corrected chi connectivity index (χ2v) is 5.82. The number of aromatic nitrogens is 2. The Morgan fingerprint density at radius 3 is 2.30 bits per heavy atom. The van der Waals surface area contributed by atoms with Crippen molar-refractivity contribution in [2.45, 2.75) is 6.92 Å². The second-order valence-electron chi connectivity index (χ2n) is 4.91. The van der Waals surface area contributed by atoms with Crippen molar-refractivity contribution < 1.29 is 0 Å². The Morgan fingerprint density at radius 2 is 1.61 bits per heavy atom. The lowest BCUT2D eigenvalue weighted by molar-refractivity contribution is 1.08. The smallest absolute Gasteiger partial charge is 0.220 e. The summed E-state index contributed by atoms with van der Waals surface area (Å²) in [6.07, 6.45) is 0. The summed E-state index contributed by atoms with van der Waals surface area (Å²) in [7, 11) is 0. The van der Waals surface area contributed by atoms with Crippen LogP contribution in [0.15, 0.2) is 69.3 Å². The molecule has 23 heavy (non-hydrogen) atoms. The maximum absolute atomic E-state index is 5.79. The van der Waals surface area contributed by atoms with Gasteiger partial charge >= 0.3 is 0 Å². The molecule has 0 fully saturated rings. The Bertz CT molecular complexity index is 845. The first-order valence-electron chi connectivity index (χ1n) is 7.00. The molecule has 1 heterocycles. The Balaban J connectivity index is 2.06. The van der Waals surface area contributed by atoms with Crippen molar-refractivity contribution in [3.8, 4) is 11.3 Å². The molecule has 1 aromatic heterocycles. The molecule has 0 atom stereocenters. The third kappa shape index (κ3) is 3.60. The summed E-state index contributed by atoms with van der Waals surface area (Å²) in [4.78, 5) is 8.53. The lowest BCUT2D eigenvalue weighted by Crippen LogP contribution is -1.99. The molecule has 0 aliphatic heterocycles. The molecule has 0 aliphatic rings. The third-order valence-electron chi connectivity index (χ3n) is 3.21. The van der Waals surface area contributed by atoms with Crippen LogP contribution in [0.1, 0.15) is 5.69 Å². The van der Waals surface area contributed by atoms with Crippen LogP contribution in [0, 0.1) is 6.92 Å². The van der Waals surface area contributed by atoms with Gasteiger partial charge in [0.05, 0.1) is 11.4 Å². The molecular weight excluding hydrogens is 354 g/mol. The molecule has 0 amide bonds. The van der Waals surface area contributed by atoms with Crippen molar-refractivity contribution in [1.29, 1.82) is 0 Å². The SMILES string of the molecule is Cc1nc(N)nc(-c2ccccc2)c1N=Nc1ccc(Br)cc1. The highest BCUT2D eigenvalue weighted by atomic mass is 79.9. The Labute approximate surface area is 142 Å². The minimum Gasteiger partial charge on any atom is -0.368 e. The predicted molar refractivity (Wildman–Crippen MR) is 94.9 cm³/mol. The first kappa shape index (κ1) is 15.3. The first-order valence-corrected chi connectivity index (χ1v) is 7.79. The number of azo groups is 1. The number of halogens is 1. The van der Waals surface area contributed by atoms with Gasteiger partial charge < -0.3 is 5.73 Å². The summed E-state index contributed by atoms with van der Waals surface area (Å²) in [5.41, 5.74) is 9.46. The summed E-state index contributed by atoms with van der Waals surface area (Å²) in [5, 5.41) is 8.63. The van der Waals surface area contributed by atoms with E-state index in [1.54, 1.807) is 0 Å². The van der Waals surface area contributed by atoms with Gasteiger partial charge in [-0.3, -0.25) is 0 Å². The highest BCUT2D eigenvalue weighted by Crippen LogP contribution is 2.32. The number of benzene rings is 2. The van der Waals surface area contributed by atoms with Crippen LogP contribution in [0.3, 0.4) is 0 Å². The van der Waals surface area contributed by atoms with Gasteiger partial charge in [-0.2, -0.15) is 5.11 Å². The van der Waals surface area contributed by atoms with E-state index >= 15 is 0 Å². The fraction of sp³-hybridized carbons (Fsp3) is 0.0588. The first-order chi connectivity index (χ1) is 11.1. The van der Waals surface area contributed by atoms with Crippen molar-refractivity contribution in [3.05, 3.63) is 64.8 Å². The number of anilines is 1. The van der Waals surface area contributed by atoms with Crippen LogP contribution in [-0.4, -0.2) is 9.97 Å². The number of hydrogen-bond acceptors (Lipinski definition) is 5. The van der Waals surface area contributed by atoms with Crippen molar-refractivity contribution in [2.75, 3.05) is 5.73 Å². The summed E-state index contributed by atoms with van der Waals surface area (Å²) < 4.78 is 0.994. The van der Waals surface area contributed by atoms with Gasteiger partial charge in [0, 0.05) is 10.0 Å². The molecule has 0 saturated carbocycles. The lowest BCUT2D eigenvalue weighted by atomic mass is 10.1. The normalized spacial score (nSPS) is 11.0. The van der Waals surface area contributed by atoms with Gasteiger partial charge in [-0.05, 0) is 31.2 Å². The van der Waals surface area contributed by atoms with Crippen LogP contribution in [0.2, 0.25) is 0 Å². The lowest BCUT2D eigenvalue weighted by Gasteiger charge is -2.07. The average Bonchev–Trinajstić information content (AvgIpc) is 2.56. The fourth-order valence-corrected chi connectivity index (χ4v) is 2.39. The predicted octanol–water partition coefficient (Wildman–Crippen LogP) is 5.21. The topological polar surface area (TPSA) is 76.5 Å². The average molecular weight is 368 g/mol. The van der Waals surface area contributed by atoms with E-state index in [0.29, 0.717) is 17.1 Å². The fourth-order valence-electron chi connectivity index (χ4n) is 2.12. The molecule has 6 heteroatoms. The summed E-state index contributed by atoms with van der Waals surface area (Å²) in [6, 6.07) is 17.3. The molecule has 2 N–H and O–H groups in total. The summed E-state index contributed by atoms with van der Waals surface area (Å²) >= 11 is 3.40. The van der Waals surface area contributed by atoms with Gasteiger partial charge in [0.25, 0.3) is 0 Å². The monoisotopic (exact) mass is 367 g/mol. The number of rotatable bonds is 3. The number of nitrogen functional groups attached to an aromatic ring is 1. The highest BCUT2D eigenvalue weighted by molar-refractivity contribution is 9.10. The zero-order valence-electron chi connectivity index (χ0n) is 12.4. The number of nitrogens with zero attached hydrogens (tertiary/aromatic N) is 4. The number of nitrogens with two attached hydrogens (primary N) is 1. The molecule has 0 aliphatic carbocycles. The minimum atomic E-state index is 0.226. The molecule has 0 unspecified atom stereocenters. The summed E-state index contributed by atoms with van der Waals surface area (Å²) in [6.45, 7) is 1.85. The molecule has 0 spiro atoms. The maximum atomic E-state index is 5.79. The molecule has 2 aromatic carbocycles. The highest BCUT2D eigenvalue weighted by Gasteiger charge is 2.12.